The lowest BCUT2D eigenvalue weighted by Gasteiger charge is -2.16. The summed E-state index contributed by atoms with van der Waals surface area (Å²) in [6.45, 7) is 3.85. The predicted molar refractivity (Wildman–Crippen MR) is 56.2 cm³/mol. The van der Waals surface area contributed by atoms with Gasteiger partial charge in [0, 0.05) is 0 Å². The van der Waals surface area contributed by atoms with Crippen molar-refractivity contribution >= 4 is 12.0 Å². The number of urea groups is 1. The third-order valence-corrected chi connectivity index (χ3v) is 1.66. The van der Waals surface area contributed by atoms with E-state index in [1.807, 2.05) is 13.8 Å². The van der Waals surface area contributed by atoms with E-state index in [1.165, 1.54) is 0 Å². The van der Waals surface area contributed by atoms with Crippen molar-refractivity contribution in [2.75, 3.05) is 6.54 Å². The first kappa shape index (κ1) is 13.3. The summed E-state index contributed by atoms with van der Waals surface area (Å²) >= 11 is 0. The van der Waals surface area contributed by atoms with Crippen molar-refractivity contribution in [3.63, 3.8) is 0 Å². The summed E-state index contributed by atoms with van der Waals surface area (Å²) in [5.41, 5.74) is 0. The van der Waals surface area contributed by atoms with Gasteiger partial charge in [0.05, 0.1) is 6.54 Å². The van der Waals surface area contributed by atoms with E-state index in [1.54, 1.807) is 0 Å². The van der Waals surface area contributed by atoms with E-state index in [9.17, 15) is 9.59 Å². The fourth-order valence-electron chi connectivity index (χ4n) is 1.03. The van der Waals surface area contributed by atoms with Crippen molar-refractivity contribution in [2.45, 2.75) is 26.3 Å². The Bertz CT molecular complexity index is 268. The number of carboxylic acid groups (broad SMARTS) is 1. The van der Waals surface area contributed by atoms with E-state index in [0.717, 1.165) is 0 Å². The maximum atomic E-state index is 11.1. The van der Waals surface area contributed by atoms with Gasteiger partial charge in [-0.25, -0.2) is 9.59 Å². The second-order valence-corrected chi connectivity index (χ2v) is 3.55. The summed E-state index contributed by atoms with van der Waals surface area (Å²) in [7, 11) is 0. The molecule has 84 valence electrons. The molecule has 5 heteroatoms. The largest absolute Gasteiger partial charge is 0.480 e. The van der Waals surface area contributed by atoms with Crippen LogP contribution in [0.5, 0.6) is 0 Å². The topological polar surface area (TPSA) is 78.4 Å². The highest BCUT2D eigenvalue weighted by Crippen LogP contribution is 2.04. The maximum absolute atomic E-state index is 11.1. The zero-order chi connectivity index (χ0) is 11.8. The van der Waals surface area contributed by atoms with Gasteiger partial charge in [-0.15, -0.1) is 6.42 Å². The Morgan fingerprint density at radius 1 is 1.47 bits per heavy atom. The Balaban J connectivity index is 4.12. The molecule has 0 aromatic carbocycles. The third kappa shape index (κ3) is 6.38. The molecule has 0 unspecified atom stereocenters. The van der Waals surface area contributed by atoms with Crippen LogP contribution in [-0.4, -0.2) is 29.7 Å². The number of carbonyl (C=O) groups excluding carboxylic acids is 1. The molecular weight excluding hydrogens is 196 g/mol. The molecular formula is C10H16N2O3. The standard InChI is InChI=1S/C10H16N2O3/c1-4-5-11-10(15)12-8(9(13)14)6-7(2)3/h1,7-8H,5-6H2,2-3H3,(H,13,14)(H2,11,12,15)/t8-/m0/s1. The van der Waals surface area contributed by atoms with Crippen molar-refractivity contribution in [3.05, 3.63) is 0 Å². The van der Waals surface area contributed by atoms with Crippen LogP contribution in [0.25, 0.3) is 0 Å². The lowest BCUT2D eigenvalue weighted by Crippen LogP contribution is -2.46. The van der Waals surface area contributed by atoms with Crippen molar-refractivity contribution in [1.29, 1.82) is 0 Å². The Morgan fingerprint density at radius 2 is 2.07 bits per heavy atom. The van der Waals surface area contributed by atoms with Crippen molar-refractivity contribution in [3.8, 4) is 12.3 Å². The molecule has 0 saturated carbocycles. The van der Waals surface area contributed by atoms with E-state index < -0.39 is 18.0 Å². The van der Waals surface area contributed by atoms with Gasteiger partial charge in [-0.1, -0.05) is 19.8 Å². The molecule has 0 bridgehead atoms. The van der Waals surface area contributed by atoms with Crippen molar-refractivity contribution < 1.29 is 14.7 Å². The fraction of sp³-hybridized carbons (Fsp3) is 0.600. The molecule has 0 heterocycles. The van der Waals surface area contributed by atoms with Gasteiger partial charge in [0.25, 0.3) is 0 Å². The van der Waals surface area contributed by atoms with Crippen LogP contribution in [-0.2, 0) is 4.79 Å². The summed E-state index contributed by atoms with van der Waals surface area (Å²) in [5, 5.41) is 13.5. The molecule has 0 aromatic heterocycles. The molecule has 0 radical (unpaired) electrons. The Kier molecular flexibility index (Phi) is 5.95. The lowest BCUT2D eigenvalue weighted by molar-refractivity contribution is -0.139. The van der Waals surface area contributed by atoms with Gasteiger partial charge >= 0.3 is 12.0 Å². The van der Waals surface area contributed by atoms with Crippen LogP contribution in [0.1, 0.15) is 20.3 Å². The number of carbonyl (C=O) groups is 2. The quantitative estimate of drug-likeness (QED) is 0.578. The highest BCUT2D eigenvalue weighted by Gasteiger charge is 2.20. The molecule has 0 aliphatic heterocycles. The van der Waals surface area contributed by atoms with Crippen LogP contribution < -0.4 is 10.6 Å². The minimum atomic E-state index is -1.04. The van der Waals surface area contributed by atoms with Crippen molar-refractivity contribution in [1.82, 2.24) is 10.6 Å². The first-order chi connectivity index (χ1) is 6.97. The molecule has 0 fully saturated rings. The van der Waals surface area contributed by atoms with Gasteiger partial charge in [-0.2, -0.15) is 0 Å². The van der Waals surface area contributed by atoms with Crippen LogP contribution in [0.3, 0.4) is 0 Å². The van der Waals surface area contributed by atoms with Gasteiger partial charge in [-0.3, -0.25) is 0 Å². The minimum absolute atomic E-state index is 0.0832. The van der Waals surface area contributed by atoms with E-state index in [-0.39, 0.29) is 12.5 Å². The number of aliphatic carboxylic acids is 1. The van der Waals surface area contributed by atoms with E-state index in [2.05, 4.69) is 16.6 Å². The molecule has 5 nitrogen and oxygen atoms in total. The van der Waals surface area contributed by atoms with Crippen LogP contribution in [0.2, 0.25) is 0 Å². The molecule has 0 spiro atoms. The number of hydrogen-bond donors (Lipinski definition) is 3. The Morgan fingerprint density at radius 3 is 2.47 bits per heavy atom. The van der Waals surface area contributed by atoms with E-state index in [4.69, 9.17) is 11.5 Å². The first-order valence-corrected chi connectivity index (χ1v) is 4.68. The average Bonchev–Trinajstić information content (AvgIpc) is 2.12. The molecule has 0 aliphatic rings. The van der Waals surface area contributed by atoms with Gasteiger partial charge in [0.2, 0.25) is 0 Å². The highest BCUT2D eigenvalue weighted by atomic mass is 16.4. The molecule has 1 atom stereocenters. The molecule has 2 amide bonds. The van der Waals surface area contributed by atoms with E-state index >= 15 is 0 Å². The molecule has 0 aliphatic carbocycles. The summed E-state index contributed by atoms with van der Waals surface area (Å²) < 4.78 is 0. The van der Waals surface area contributed by atoms with Crippen molar-refractivity contribution in [2.24, 2.45) is 5.92 Å². The number of terminal acetylenes is 1. The zero-order valence-corrected chi connectivity index (χ0v) is 8.91. The summed E-state index contributed by atoms with van der Waals surface area (Å²) in [6, 6.07) is -1.43. The normalized spacial score (nSPS) is 11.6. The zero-order valence-electron chi connectivity index (χ0n) is 8.91. The van der Waals surface area contributed by atoms with Gasteiger partial charge < -0.3 is 15.7 Å². The van der Waals surface area contributed by atoms with Gasteiger partial charge in [0.1, 0.15) is 6.04 Å². The second-order valence-electron chi connectivity index (χ2n) is 3.55. The Hall–Kier alpha value is -1.70. The van der Waals surface area contributed by atoms with Crippen LogP contribution in [0.15, 0.2) is 0 Å². The number of rotatable bonds is 5. The monoisotopic (exact) mass is 212 g/mol. The Labute approximate surface area is 89.2 Å². The summed E-state index contributed by atoms with van der Waals surface area (Å²) in [5.74, 6) is 1.37. The first-order valence-electron chi connectivity index (χ1n) is 4.68. The molecule has 0 saturated heterocycles. The number of carboxylic acids is 1. The molecule has 15 heavy (non-hydrogen) atoms. The van der Waals surface area contributed by atoms with Gasteiger partial charge in [-0.05, 0) is 12.3 Å². The van der Waals surface area contributed by atoms with Gasteiger partial charge in [0.15, 0.2) is 0 Å². The average molecular weight is 212 g/mol. The molecule has 0 rings (SSSR count). The third-order valence-electron chi connectivity index (χ3n) is 1.66. The lowest BCUT2D eigenvalue weighted by atomic mass is 10.0. The number of hydrogen-bond acceptors (Lipinski definition) is 2. The summed E-state index contributed by atoms with van der Waals surface area (Å²) in [6.07, 6.45) is 5.33. The predicted octanol–water partition coefficient (Wildman–Crippen LogP) is 0.418. The number of nitrogens with one attached hydrogen (secondary N) is 2. The molecule has 3 N–H and O–H groups in total. The van der Waals surface area contributed by atoms with Crippen LogP contribution in [0, 0.1) is 18.3 Å². The maximum Gasteiger partial charge on any atom is 0.326 e. The second kappa shape index (κ2) is 6.71. The SMILES string of the molecule is C#CCNC(=O)N[C@@H](CC(C)C)C(=O)O. The smallest absolute Gasteiger partial charge is 0.326 e. The van der Waals surface area contributed by atoms with E-state index in [0.29, 0.717) is 6.42 Å². The molecule has 0 aromatic rings. The van der Waals surface area contributed by atoms with Crippen LogP contribution >= 0.6 is 0 Å². The van der Waals surface area contributed by atoms with Crippen LogP contribution in [0.4, 0.5) is 4.79 Å². The highest BCUT2D eigenvalue weighted by molar-refractivity contribution is 5.82. The summed E-state index contributed by atoms with van der Waals surface area (Å²) in [4.78, 5) is 21.9. The fourth-order valence-corrected chi connectivity index (χ4v) is 1.03. The number of amides is 2. The minimum Gasteiger partial charge on any atom is -0.480 e.